The van der Waals surface area contributed by atoms with Crippen LogP contribution < -0.4 is 5.55 Å². The Morgan fingerprint density at radius 2 is 1.62 bits per heavy atom. The molecule has 64 valence electrons. The Bertz CT molecular complexity index is 425. The van der Waals surface area contributed by atoms with Gasteiger partial charge < -0.3 is 4.42 Å². The molecule has 0 radical (unpaired) electrons. The van der Waals surface area contributed by atoms with Crippen LogP contribution in [-0.4, -0.2) is 0 Å². The number of benzene rings is 1. The van der Waals surface area contributed by atoms with E-state index >= 15 is 0 Å². The quantitative estimate of drug-likeness (QED) is 0.702. The molecule has 2 aromatic rings. The molecule has 0 aliphatic heterocycles. The highest BCUT2D eigenvalue weighted by Crippen LogP contribution is 2.16. The Morgan fingerprint density at radius 1 is 0.846 bits per heavy atom. The van der Waals surface area contributed by atoms with Crippen molar-refractivity contribution in [1.82, 2.24) is 0 Å². The molecule has 2 nitrogen and oxygen atoms in total. The Balaban J connectivity index is 2.48. The Labute approximate surface area is 76.0 Å². The van der Waals surface area contributed by atoms with E-state index in [9.17, 15) is 0 Å². The molecular weight excluding hydrogens is 162 g/mol. The second kappa shape index (κ2) is 3.27. The highest BCUT2D eigenvalue weighted by molar-refractivity contribution is 5.61. The molecule has 0 bridgehead atoms. The molecule has 2 rings (SSSR count). The Morgan fingerprint density at radius 3 is 2.23 bits per heavy atom. The minimum absolute atomic E-state index is 0.180. The van der Waals surface area contributed by atoms with Crippen molar-refractivity contribution in [2.75, 3.05) is 0 Å². The summed E-state index contributed by atoms with van der Waals surface area (Å²) < 4.78 is 4.98. The summed E-state index contributed by atoms with van der Waals surface area (Å²) in [5, 5.41) is 7.19. The van der Waals surface area contributed by atoms with E-state index in [-0.39, 0.29) is 5.55 Å². The Hall–Kier alpha value is -1.83. The van der Waals surface area contributed by atoms with Crippen LogP contribution in [0.4, 0.5) is 0 Å². The van der Waals surface area contributed by atoms with E-state index in [2.05, 4.69) is 0 Å². The molecule has 0 aliphatic carbocycles. The van der Waals surface area contributed by atoms with Crippen LogP contribution in [0.1, 0.15) is 0 Å². The van der Waals surface area contributed by atoms with Crippen molar-refractivity contribution in [3.63, 3.8) is 0 Å². The van der Waals surface area contributed by atoms with E-state index in [4.69, 9.17) is 9.83 Å². The SMILES string of the molecule is N=c1ccc(-c2ccccc2)co1. The average Bonchev–Trinajstić information content (AvgIpc) is 2.20. The minimum atomic E-state index is 0.180. The fourth-order valence-corrected chi connectivity index (χ4v) is 1.17. The van der Waals surface area contributed by atoms with Crippen LogP contribution in [0.15, 0.2) is 53.1 Å². The first kappa shape index (κ1) is 7.80. The third kappa shape index (κ3) is 1.67. The lowest BCUT2D eigenvalue weighted by atomic mass is 10.1. The van der Waals surface area contributed by atoms with E-state index in [1.165, 1.54) is 0 Å². The summed E-state index contributed by atoms with van der Waals surface area (Å²) in [6.07, 6.45) is 1.59. The van der Waals surface area contributed by atoms with Gasteiger partial charge in [-0.15, -0.1) is 0 Å². The van der Waals surface area contributed by atoms with Crippen LogP contribution in [0.3, 0.4) is 0 Å². The lowest BCUT2D eigenvalue weighted by molar-refractivity contribution is 0.488. The third-order valence-electron chi connectivity index (χ3n) is 1.83. The summed E-state index contributed by atoms with van der Waals surface area (Å²) in [6.45, 7) is 0. The second-order valence-corrected chi connectivity index (χ2v) is 2.75. The number of hydrogen-bond donors (Lipinski definition) is 1. The van der Waals surface area contributed by atoms with Crippen molar-refractivity contribution in [2.45, 2.75) is 0 Å². The van der Waals surface area contributed by atoms with E-state index in [0.717, 1.165) is 11.1 Å². The first-order chi connectivity index (χ1) is 6.36. The Kier molecular flexibility index (Phi) is 1.96. The lowest BCUT2D eigenvalue weighted by Crippen LogP contribution is -1.93. The smallest absolute Gasteiger partial charge is 0.211 e. The van der Waals surface area contributed by atoms with Crippen LogP contribution in [0, 0.1) is 5.41 Å². The zero-order valence-corrected chi connectivity index (χ0v) is 7.03. The summed E-state index contributed by atoms with van der Waals surface area (Å²) in [6, 6.07) is 13.5. The molecule has 1 aromatic heterocycles. The van der Waals surface area contributed by atoms with Gasteiger partial charge in [-0.05, 0) is 11.6 Å². The van der Waals surface area contributed by atoms with Crippen molar-refractivity contribution in [1.29, 1.82) is 5.41 Å². The molecule has 13 heavy (non-hydrogen) atoms. The first-order valence-corrected chi connectivity index (χ1v) is 4.05. The summed E-state index contributed by atoms with van der Waals surface area (Å²) in [4.78, 5) is 0. The molecule has 0 spiro atoms. The molecule has 0 saturated heterocycles. The maximum Gasteiger partial charge on any atom is 0.211 e. The van der Waals surface area contributed by atoms with Gasteiger partial charge in [0.2, 0.25) is 5.55 Å². The van der Waals surface area contributed by atoms with Crippen molar-refractivity contribution in [3.8, 4) is 11.1 Å². The maximum absolute atomic E-state index is 7.19. The van der Waals surface area contributed by atoms with Crippen molar-refractivity contribution >= 4 is 0 Å². The third-order valence-corrected chi connectivity index (χ3v) is 1.83. The number of rotatable bonds is 1. The van der Waals surface area contributed by atoms with Crippen molar-refractivity contribution < 1.29 is 4.42 Å². The van der Waals surface area contributed by atoms with Crippen LogP contribution in [-0.2, 0) is 0 Å². The van der Waals surface area contributed by atoms with Crippen molar-refractivity contribution in [3.05, 3.63) is 54.3 Å². The highest BCUT2D eigenvalue weighted by Gasteiger charge is 1.94. The summed E-state index contributed by atoms with van der Waals surface area (Å²) in [7, 11) is 0. The number of nitrogens with one attached hydrogen (secondary N) is 1. The maximum atomic E-state index is 7.19. The first-order valence-electron chi connectivity index (χ1n) is 4.05. The molecular formula is C11H9NO. The zero-order chi connectivity index (χ0) is 9.10. The van der Waals surface area contributed by atoms with Crippen LogP contribution >= 0.6 is 0 Å². The molecule has 0 unspecified atom stereocenters. The van der Waals surface area contributed by atoms with E-state index in [1.54, 1.807) is 12.3 Å². The molecule has 1 heterocycles. The lowest BCUT2D eigenvalue weighted by Gasteiger charge is -1.98. The fraction of sp³-hybridized carbons (Fsp3) is 0. The van der Waals surface area contributed by atoms with E-state index < -0.39 is 0 Å². The van der Waals surface area contributed by atoms with Crippen molar-refractivity contribution in [2.24, 2.45) is 0 Å². The predicted molar refractivity (Wildman–Crippen MR) is 50.0 cm³/mol. The van der Waals surface area contributed by atoms with E-state index in [0.29, 0.717) is 0 Å². The molecule has 1 N–H and O–H groups in total. The van der Waals surface area contributed by atoms with Crippen LogP contribution in [0.25, 0.3) is 11.1 Å². The van der Waals surface area contributed by atoms with E-state index in [1.807, 2.05) is 36.4 Å². The van der Waals surface area contributed by atoms with Gasteiger partial charge in [-0.3, -0.25) is 5.41 Å². The summed E-state index contributed by atoms with van der Waals surface area (Å²) in [5.41, 5.74) is 2.28. The van der Waals surface area contributed by atoms with Gasteiger partial charge >= 0.3 is 0 Å². The van der Waals surface area contributed by atoms with Gasteiger partial charge in [-0.2, -0.15) is 0 Å². The normalized spacial score (nSPS) is 9.85. The van der Waals surface area contributed by atoms with Gasteiger partial charge in [0.25, 0.3) is 0 Å². The summed E-state index contributed by atoms with van der Waals surface area (Å²) in [5.74, 6) is 0. The van der Waals surface area contributed by atoms with Crippen LogP contribution in [0.5, 0.6) is 0 Å². The van der Waals surface area contributed by atoms with Gasteiger partial charge in [0.05, 0.1) is 0 Å². The van der Waals surface area contributed by atoms with Gasteiger partial charge in [0.15, 0.2) is 0 Å². The summed E-state index contributed by atoms with van der Waals surface area (Å²) >= 11 is 0. The molecule has 0 fully saturated rings. The van der Waals surface area contributed by atoms with Gasteiger partial charge in [-0.25, -0.2) is 0 Å². The minimum Gasteiger partial charge on any atom is -0.447 e. The van der Waals surface area contributed by atoms with Gasteiger partial charge in [0, 0.05) is 11.6 Å². The van der Waals surface area contributed by atoms with Gasteiger partial charge in [0.1, 0.15) is 6.26 Å². The highest BCUT2D eigenvalue weighted by atomic mass is 16.3. The van der Waals surface area contributed by atoms with Crippen LogP contribution in [0.2, 0.25) is 0 Å². The molecule has 0 saturated carbocycles. The molecule has 0 aliphatic rings. The predicted octanol–water partition coefficient (Wildman–Crippen LogP) is 2.43. The molecule has 0 atom stereocenters. The zero-order valence-electron chi connectivity index (χ0n) is 7.03. The average molecular weight is 171 g/mol. The number of hydrogen-bond acceptors (Lipinski definition) is 2. The largest absolute Gasteiger partial charge is 0.447 e. The topological polar surface area (TPSA) is 37.0 Å². The van der Waals surface area contributed by atoms with Gasteiger partial charge in [-0.1, -0.05) is 30.3 Å². The fourth-order valence-electron chi connectivity index (χ4n) is 1.17. The molecule has 2 heteroatoms. The monoisotopic (exact) mass is 171 g/mol. The standard InChI is InChI=1S/C11H9NO/c12-11-7-6-10(8-13-11)9-4-2-1-3-5-9/h1-8,12H. The molecule has 1 aromatic carbocycles. The molecule has 0 amide bonds. The second-order valence-electron chi connectivity index (χ2n) is 2.75.